The lowest BCUT2D eigenvalue weighted by atomic mass is 9.84. The first-order chi connectivity index (χ1) is 15.2. The van der Waals surface area contributed by atoms with Crippen LogP contribution in [0.2, 0.25) is 0 Å². The Morgan fingerprint density at radius 1 is 0.935 bits per heavy atom. The van der Waals surface area contributed by atoms with Gasteiger partial charge in [0.15, 0.2) is 0 Å². The van der Waals surface area contributed by atoms with Crippen molar-refractivity contribution in [1.29, 1.82) is 0 Å². The lowest BCUT2D eigenvalue weighted by molar-refractivity contribution is -0.129. The Bertz CT molecular complexity index is 1040. The predicted octanol–water partition coefficient (Wildman–Crippen LogP) is 4.70. The van der Waals surface area contributed by atoms with Gasteiger partial charge in [-0.2, -0.15) is 0 Å². The molecule has 1 heterocycles. The molecule has 0 unspecified atom stereocenters. The number of amides is 2. The maximum absolute atomic E-state index is 13.4. The summed E-state index contributed by atoms with van der Waals surface area (Å²) in [6, 6.07) is 27.4. The number of imide groups is 1. The summed E-state index contributed by atoms with van der Waals surface area (Å²) in [6.45, 7) is 7.69. The monoisotopic (exact) mass is 410 g/mol. The van der Waals surface area contributed by atoms with Gasteiger partial charge in [0.25, 0.3) is 0 Å². The summed E-state index contributed by atoms with van der Waals surface area (Å²) in [6.07, 6.45) is -0.435. The minimum absolute atomic E-state index is 0.0923. The summed E-state index contributed by atoms with van der Waals surface area (Å²) < 4.78 is 5.33. The van der Waals surface area contributed by atoms with Crippen LogP contribution in [0, 0.1) is 6.57 Å². The minimum Gasteiger partial charge on any atom is -0.447 e. The molecule has 3 aromatic carbocycles. The average molecular weight is 410 g/mol. The van der Waals surface area contributed by atoms with Crippen molar-refractivity contribution in [1.82, 2.24) is 4.90 Å². The van der Waals surface area contributed by atoms with Crippen LogP contribution in [0.1, 0.15) is 22.6 Å². The smallest absolute Gasteiger partial charge is 0.417 e. The van der Waals surface area contributed by atoms with Gasteiger partial charge in [-0.1, -0.05) is 91.0 Å². The molecule has 4 rings (SSSR count). The topological polar surface area (TPSA) is 51.0 Å². The van der Waals surface area contributed by atoms with E-state index in [0.717, 1.165) is 21.6 Å². The summed E-state index contributed by atoms with van der Waals surface area (Å²) in [5, 5.41) is 0. The quantitative estimate of drug-likeness (QED) is 0.554. The van der Waals surface area contributed by atoms with Crippen LogP contribution in [0.5, 0.6) is 0 Å². The second-order valence-electron chi connectivity index (χ2n) is 7.49. The van der Waals surface area contributed by atoms with E-state index in [9.17, 15) is 9.59 Å². The van der Waals surface area contributed by atoms with Gasteiger partial charge in [-0.05, 0) is 16.7 Å². The first-order valence-corrected chi connectivity index (χ1v) is 10.2. The molecule has 31 heavy (non-hydrogen) atoms. The second kappa shape index (κ2) is 9.27. The number of hydrogen-bond donors (Lipinski definition) is 0. The van der Waals surface area contributed by atoms with Crippen molar-refractivity contribution in [3.63, 3.8) is 0 Å². The lowest BCUT2D eigenvalue weighted by Crippen LogP contribution is -2.47. The highest BCUT2D eigenvalue weighted by molar-refractivity contribution is 5.97. The van der Waals surface area contributed by atoms with Gasteiger partial charge in [0.05, 0.1) is 12.5 Å². The van der Waals surface area contributed by atoms with Gasteiger partial charge in [0.2, 0.25) is 0 Å². The number of ether oxygens (including phenoxy) is 1. The maximum Gasteiger partial charge on any atom is 0.417 e. The Morgan fingerprint density at radius 3 is 1.97 bits per heavy atom. The van der Waals surface area contributed by atoms with E-state index in [-0.39, 0.29) is 18.9 Å². The zero-order valence-electron chi connectivity index (χ0n) is 16.9. The van der Waals surface area contributed by atoms with E-state index in [1.54, 1.807) is 0 Å². The molecule has 5 nitrogen and oxygen atoms in total. The number of rotatable bonds is 6. The molecule has 0 saturated carbocycles. The highest BCUT2D eigenvalue weighted by Gasteiger charge is 2.47. The number of carbonyl (C=O) groups is 2. The van der Waals surface area contributed by atoms with Crippen LogP contribution in [-0.4, -0.2) is 35.6 Å². The number of cyclic esters (lactones) is 1. The third-order valence-electron chi connectivity index (χ3n) is 5.56. The summed E-state index contributed by atoms with van der Waals surface area (Å²) in [7, 11) is 0. The molecule has 2 amide bonds. The molecule has 0 spiro atoms. The molecule has 2 atom stereocenters. The number of carbonyl (C=O) groups excluding carboxylic acids is 2. The van der Waals surface area contributed by atoms with Gasteiger partial charge in [0.1, 0.15) is 6.61 Å². The largest absolute Gasteiger partial charge is 0.447 e. The summed E-state index contributed by atoms with van der Waals surface area (Å²) >= 11 is 0. The predicted molar refractivity (Wildman–Crippen MR) is 117 cm³/mol. The fourth-order valence-electron chi connectivity index (χ4n) is 4.08. The Morgan fingerprint density at radius 2 is 1.45 bits per heavy atom. The average Bonchev–Trinajstić information content (AvgIpc) is 3.20. The van der Waals surface area contributed by atoms with E-state index in [0.29, 0.717) is 0 Å². The third kappa shape index (κ3) is 4.34. The van der Waals surface area contributed by atoms with Gasteiger partial charge in [-0.25, -0.2) is 16.3 Å². The van der Waals surface area contributed by atoms with Gasteiger partial charge in [-0.15, -0.1) is 0 Å². The highest BCUT2D eigenvalue weighted by Crippen LogP contribution is 2.34. The van der Waals surface area contributed by atoms with Gasteiger partial charge in [-0.3, -0.25) is 4.79 Å². The van der Waals surface area contributed by atoms with Gasteiger partial charge < -0.3 is 9.58 Å². The van der Waals surface area contributed by atoms with E-state index < -0.39 is 24.1 Å². The lowest BCUT2D eigenvalue weighted by Gasteiger charge is -2.28. The molecule has 1 fully saturated rings. The van der Waals surface area contributed by atoms with Crippen LogP contribution < -0.4 is 0 Å². The molecular weight excluding hydrogens is 388 g/mol. The standard InChI is InChI=1S/C26H22N2O3/c1-27-22(17-19-11-5-2-6-12-19)25(29)28-23(18-31-26(28)30)24(20-13-7-3-8-14-20)21-15-9-4-10-16-21/h2-16,22-24H,17-18H2/t22-,23-/m1/s1. The molecule has 1 aliphatic heterocycles. The first-order valence-electron chi connectivity index (χ1n) is 10.2. The molecule has 1 aliphatic rings. The van der Waals surface area contributed by atoms with Crippen LogP contribution in [0.25, 0.3) is 4.85 Å². The molecule has 3 aromatic rings. The molecular formula is C26H22N2O3. The molecule has 0 N–H and O–H groups in total. The maximum atomic E-state index is 13.4. The molecule has 5 heteroatoms. The van der Waals surface area contributed by atoms with Crippen molar-refractivity contribution >= 4 is 12.0 Å². The molecule has 0 aromatic heterocycles. The van der Waals surface area contributed by atoms with Crippen molar-refractivity contribution in [2.24, 2.45) is 0 Å². The zero-order chi connectivity index (χ0) is 21.6. The van der Waals surface area contributed by atoms with Crippen molar-refractivity contribution in [3.05, 3.63) is 119 Å². The van der Waals surface area contributed by atoms with Crippen LogP contribution >= 0.6 is 0 Å². The Hall–Kier alpha value is -3.91. The van der Waals surface area contributed by atoms with Crippen LogP contribution in [0.4, 0.5) is 4.79 Å². The van der Waals surface area contributed by atoms with Crippen LogP contribution in [0.3, 0.4) is 0 Å². The van der Waals surface area contributed by atoms with E-state index in [2.05, 4.69) is 4.85 Å². The summed E-state index contributed by atoms with van der Waals surface area (Å²) in [5.41, 5.74) is 2.85. The van der Waals surface area contributed by atoms with Crippen molar-refractivity contribution in [3.8, 4) is 0 Å². The van der Waals surface area contributed by atoms with Crippen molar-refractivity contribution in [2.75, 3.05) is 6.61 Å². The van der Waals surface area contributed by atoms with Crippen LogP contribution in [-0.2, 0) is 16.0 Å². The van der Waals surface area contributed by atoms with Gasteiger partial charge in [0, 0.05) is 5.92 Å². The highest BCUT2D eigenvalue weighted by atomic mass is 16.6. The fraction of sp³-hybridized carbons (Fsp3) is 0.192. The molecule has 0 aliphatic carbocycles. The van der Waals surface area contributed by atoms with E-state index in [1.165, 1.54) is 0 Å². The summed E-state index contributed by atoms with van der Waals surface area (Å²) in [4.78, 5) is 30.7. The third-order valence-corrected chi connectivity index (χ3v) is 5.56. The van der Waals surface area contributed by atoms with E-state index in [4.69, 9.17) is 11.3 Å². The Kier molecular flexibility index (Phi) is 6.09. The number of hydrogen-bond acceptors (Lipinski definition) is 3. The second-order valence-corrected chi connectivity index (χ2v) is 7.49. The Balaban J connectivity index is 1.68. The minimum atomic E-state index is -0.984. The van der Waals surface area contributed by atoms with Crippen molar-refractivity contribution in [2.45, 2.75) is 24.4 Å². The molecule has 154 valence electrons. The SMILES string of the molecule is [C-]#[N+][C@H](Cc1ccccc1)C(=O)N1C(=O)OC[C@@H]1C(c1ccccc1)c1ccccc1. The Labute approximate surface area is 181 Å². The zero-order valence-corrected chi connectivity index (χ0v) is 16.9. The van der Waals surface area contributed by atoms with Gasteiger partial charge >= 0.3 is 18.0 Å². The molecule has 0 bridgehead atoms. The molecule has 1 saturated heterocycles. The van der Waals surface area contributed by atoms with E-state index >= 15 is 0 Å². The van der Waals surface area contributed by atoms with Crippen LogP contribution in [0.15, 0.2) is 91.0 Å². The molecule has 0 radical (unpaired) electrons. The fourth-order valence-corrected chi connectivity index (χ4v) is 4.08. The summed E-state index contributed by atoms with van der Waals surface area (Å²) in [5.74, 6) is -0.760. The normalized spacial score (nSPS) is 16.6. The number of nitrogens with zero attached hydrogens (tertiary/aromatic N) is 2. The van der Waals surface area contributed by atoms with Crippen molar-refractivity contribution < 1.29 is 14.3 Å². The first kappa shape index (κ1) is 20.4. The van der Waals surface area contributed by atoms with E-state index in [1.807, 2.05) is 91.0 Å². The number of benzene rings is 3.